The first-order valence-electron chi connectivity index (χ1n) is 9.03. The summed E-state index contributed by atoms with van der Waals surface area (Å²) in [5.41, 5.74) is 8.75. The molecule has 4 rings (SSSR count). The lowest BCUT2D eigenvalue weighted by Crippen LogP contribution is -2.21. The number of ether oxygens (including phenoxy) is 2. The van der Waals surface area contributed by atoms with Crippen molar-refractivity contribution >= 4 is 27.5 Å². The molecule has 7 heteroatoms. The molecule has 1 atom stereocenters. The van der Waals surface area contributed by atoms with Gasteiger partial charge in [0.2, 0.25) is 5.88 Å². The molecule has 0 aliphatic carbocycles. The topological polar surface area (TPSA) is 88.5 Å². The van der Waals surface area contributed by atoms with Crippen LogP contribution in [0.3, 0.4) is 0 Å². The van der Waals surface area contributed by atoms with Crippen molar-refractivity contribution in [2.75, 3.05) is 0 Å². The van der Waals surface area contributed by atoms with Crippen LogP contribution in [-0.4, -0.2) is 5.11 Å². The van der Waals surface area contributed by atoms with Crippen molar-refractivity contribution in [2.45, 2.75) is 12.5 Å². The lowest BCUT2D eigenvalue weighted by molar-refractivity contribution is 0.306. The van der Waals surface area contributed by atoms with E-state index in [2.05, 4.69) is 22.0 Å². The molecule has 0 saturated heterocycles. The monoisotopic (exact) mass is 482 g/mol. The normalized spacial score (nSPS) is 15.2. The van der Waals surface area contributed by atoms with E-state index >= 15 is 0 Å². The van der Waals surface area contributed by atoms with Crippen molar-refractivity contribution in [2.24, 2.45) is 5.73 Å². The first-order chi connectivity index (χ1) is 14.5. The van der Waals surface area contributed by atoms with Gasteiger partial charge in [0.1, 0.15) is 35.5 Å². The summed E-state index contributed by atoms with van der Waals surface area (Å²) in [5, 5.41) is 19.8. The highest BCUT2D eigenvalue weighted by atomic mass is 79.9. The Morgan fingerprint density at radius 3 is 2.60 bits per heavy atom. The van der Waals surface area contributed by atoms with Crippen molar-refractivity contribution < 1.29 is 14.6 Å². The zero-order chi connectivity index (χ0) is 21.3. The molecule has 3 aromatic carbocycles. The number of phenolic OH excluding ortho intramolecular Hbond substituents is 1. The van der Waals surface area contributed by atoms with Gasteiger partial charge in [-0.3, -0.25) is 0 Å². The zero-order valence-corrected chi connectivity index (χ0v) is 17.9. The quantitative estimate of drug-likeness (QED) is 0.504. The number of rotatable bonds is 4. The van der Waals surface area contributed by atoms with Crippen LogP contribution in [0.15, 0.2) is 76.6 Å². The fourth-order valence-corrected chi connectivity index (χ4v) is 3.85. The van der Waals surface area contributed by atoms with Crippen LogP contribution in [0.4, 0.5) is 0 Å². The minimum atomic E-state index is -0.461. The van der Waals surface area contributed by atoms with Gasteiger partial charge in [0.05, 0.1) is 10.9 Å². The summed E-state index contributed by atoms with van der Waals surface area (Å²) in [4.78, 5) is 0. The number of phenols is 1. The van der Waals surface area contributed by atoms with Gasteiger partial charge in [0, 0.05) is 16.1 Å². The average Bonchev–Trinajstić information content (AvgIpc) is 2.73. The van der Waals surface area contributed by atoms with Gasteiger partial charge in [-0.1, -0.05) is 51.8 Å². The smallest absolute Gasteiger partial charge is 0.205 e. The summed E-state index contributed by atoms with van der Waals surface area (Å²) in [7, 11) is 0. The lowest BCUT2D eigenvalue weighted by Gasteiger charge is -2.26. The van der Waals surface area contributed by atoms with Crippen LogP contribution in [0.5, 0.6) is 17.2 Å². The highest BCUT2D eigenvalue weighted by molar-refractivity contribution is 9.10. The number of nitrogens with two attached hydrogens (primary N) is 1. The third-order valence-electron chi connectivity index (χ3n) is 4.80. The molecule has 3 aromatic rings. The zero-order valence-electron chi connectivity index (χ0n) is 15.6. The number of allylic oxidation sites excluding steroid dienone is 1. The number of hydrogen-bond donors (Lipinski definition) is 2. The van der Waals surface area contributed by atoms with Gasteiger partial charge in [0.25, 0.3) is 0 Å². The fraction of sp³-hybridized carbons (Fsp3) is 0.0870. The van der Waals surface area contributed by atoms with Crippen molar-refractivity contribution in [1.82, 2.24) is 0 Å². The molecular formula is C23H16BrClN2O3. The molecule has 0 bridgehead atoms. The van der Waals surface area contributed by atoms with E-state index in [0.717, 1.165) is 21.2 Å². The average molecular weight is 484 g/mol. The second-order valence-electron chi connectivity index (χ2n) is 6.75. The largest absolute Gasteiger partial charge is 0.508 e. The van der Waals surface area contributed by atoms with E-state index in [1.165, 1.54) is 6.07 Å². The van der Waals surface area contributed by atoms with Gasteiger partial charge in [-0.25, -0.2) is 0 Å². The van der Waals surface area contributed by atoms with Crippen molar-refractivity contribution in [3.05, 3.63) is 98.3 Å². The molecule has 0 radical (unpaired) electrons. The van der Waals surface area contributed by atoms with E-state index in [9.17, 15) is 10.4 Å². The Morgan fingerprint density at radius 1 is 1.13 bits per heavy atom. The molecule has 1 heterocycles. The van der Waals surface area contributed by atoms with Gasteiger partial charge >= 0.3 is 0 Å². The van der Waals surface area contributed by atoms with E-state index in [4.69, 9.17) is 26.8 Å². The standard InChI is InChI=1S/C23H16BrClN2O3/c24-15-4-1-13(2-5-15)12-29-20-8-3-14(9-19(20)25)22-17-7-6-16(28)10-21(17)30-23(27)18(22)11-26/h1-10,22,28H,12,27H2/t22-/m1/s1. The van der Waals surface area contributed by atoms with Crippen LogP contribution in [0.2, 0.25) is 5.02 Å². The lowest BCUT2D eigenvalue weighted by atomic mass is 9.83. The molecule has 0 aromatic heterocycles. The summed E-state index contributed by atoms with van der Waals surface area (Å²) >= 11 is 9.89. The maximum atomic E-state index is 9.76. The highest BCUT2D eigenvalue weighted by Crippen LogP contribution is 2.44. The predicted molar refractivity (Wildman–Crippen MR) is 117 cm³/mol. The Bertz CT molecular complexity index is 1190. The van der Waals surface area contributed by atoms with Crippen LogP contribution in [0.25, 0.3) is 0 Å². The summed E-state index contributed by atoms with van der Waals surface area (Å²) in [6.07, 6.45) is 0. The maximum absolute atomic E-state index is 9.76. The van der Waals surface area contributed by atoms with Crippen LogP contribution < -0.4 is 15.2 Å². The highest BCUT2D eigenvalue weighted by Gasteiger charge is 2.31. The minimum Gasteiger partial charge on any atom is -0.508 e. The Labute approximate surface area is 187 Å². The molecule has 0 fully saturated rings. The number of hydrogen-bond acceptors (Lipinski definition) is 5. The number of benzene rings is 3. The van der Waals surface area contributed by atoms with Crippen LogP contribution >= 0.6 is 27.5 Å². The molecule has 150 valence electrons. The van der Waals surface area contributed by atoms with Gasteiger partial charge in [-0.2, -0.15) is 5.26 Å². The van der Waals surface area contributed by atoms with E-state index in [1.54, 1.807) is 24.3 Å². The third-order valence-corrected chi connectivity index (χ3v) is 5.62. The second kappa shape index (κ2) is 8.31. The third kappa shape index (κ3) is 3.95. The van der Waals surface area contributed by atoms with Crippen LogP contribution in [0, 0.1) is 11.3 Å². The number of nitriles is 1. The summed E-state index contributed by atoms with van der Waals surface area (Å²) in [6, 6.07) is 20.1. The van der Waals surface area contributed by atoms with Crippen LogP contribution in [-0.2, 0) is 6.61 Å². The SMILES string of the molecule is N#CC1=C(N)Oc2cc(O)ccc2[C@H]1c1ccc(OCc2ccc(Br)cc2)c(Cl)c1. The molecule has 0 spiro atoms. The van der Waals surface area contributed by atoms with E-state index in [-0.39, 0.29) is 17.2 Å². The number of nitrogens with zero attached hydrogens (tertiary/aromatic N) is 1. The van der Waals surface area contributed by atoms with E-state index in [0.29, 0.717) is 23.1 Å². The van der Waals surface area contributed by atoms with Crippen molar-refractivity contribution in [3.63, 3.8) is 0 Å². The predicted octanol–water partition coefficient (Wildman–Crippen LogP) is 5.61. The maximum Gasteiger partial charge on any atom is 0.205 e. The molecule has 0 saturated carbocycles. The first kappa shape index (κ1) is 20.1. The minimum absolute atomic E-state index is 0.00675. The molecule has 1 aliphatic rings. The van der Waals surface area contributed by atoms with Gasteiger partial charge in [-0.15, -0.1) is 0 Å². The molecule has 5 nitrogen and oxygen atoms in total. The second-order valence-corrected chi connectivity index (χ2v) is 8.07. The van der Waals surface area contributed by atoms with Crippen LogP contribution in [0.1, 0.15) is 22.6 Å². The fourth-order valence-electron chi connectivity index (χ4n) is 3.34. The Morgan fingerprint density at radius 2 is 1.90 bits per heavy atom. The number of halogens is 2. The van der Waals surface area contributed by atoms with Crippen molar-refractivity contribution in [3.8, 4) is 23.3 Å². The Kier molecular flexibility index (Phi) is 5.58. The Balaban J connectivity index is 1.65. The number of aromatic hydroxyl groups is 1. The molecular weight excluding hydrogens is 468 g/mol. The summed E-state index contributed by atoms with van der Waals surface area (Å²) in [5.74, 6) is 0.542. The molecule has 30 heavy (non-hydrogen) atoms. The summed E-state index contributed by atoms with van der Waals surface area (Å²) < 4.78 is 12.4. The molecule has 0 unspecified atom stereocenters. The van der Waals surface area contributed by atoms with E-state index < -0.39 is 5.92 Å². The van der Waals surface area contributed by atoms with Gasteiger partial charge in [0.15, 0.2) is 0 Å². The van der Waals surface area contributed by atoms with Gasteiger partial charge in [-0.05, 0) is 41.5 Å². The molecule has 3 N–H and O–H groups in total. The van der Waals surface area contributed by atoms with Gasteiger partial charge < -0.3 is 20.3 Å². The van der Waals surface area contributed by atoms with E-state index in [1.807, 2.05) is 30.3 Å². The Hall–Kier alpha value is -3.14. The molecule has 1 aliphatic heterocycles. The number of fused-ring (bicyclic) bond motifs is 1. The van der Waals surface area contributed by atoms with Crippen molar-refractivity contribution in [1.29, 1.82) is 5.26 Å². The summed E-state index contributed by atoms with van der Waals surface area (Å²) in [6.45, 7) is 0.377. The first-order valence-corrected chi connectivity index (χ1v) is 10.2. The molecule has 0 amide bonds.